The van der Waals surface area contributed by atoms with E-state index in [-0.39, 0.29) is 5.91 Å². The molecule has 1 saturated carbocycles. The lowest BCUT2D eigenvalue weighted by molar-refractivity contribution is -0.119. The summed E-state index contributed by atoms with van der Waals surface area (Å²) in [5, 5.41) is 3.22. The molecule has 3 heteroatoms. The number of nitrogens with zero attached hydrogens (tertiary/aromatic N) is 1. The van der Waals surface area contributed by atoms with Gasteiger partial charge >= 0.3 is 0 Å². The third-order valence-corrected chi connectivity index (χ3v) is 6.59. The summed E-state index contributed by atoms with van der Waals surface area (Å²) in [4.78, 5) is 14.5. The zero-order chi connectivity index (χ0) is 14.6. The van der Waals surface area contributed by atoms with Gasteiger partial charge in [-0.1, -0.05) is 6.92 Å². The van der Waals surface area contributed by atoms with Crippen molar-refractivity contribution >= 4 is 5.91 Å². The minimum absolute atomic E-state index is 0.117. The smallest absolute Gasteiger partial charge is 0.220 e. The van der Waals surface area contributed by atoms with E-state index < -0.39 is 0 Å². The molecule has 0 unspecified atom stereocenters. The zero-order valence-electron chi connectivity index (χ0n) is 13.5. The largest absolute Gasteiger partial charge is 0.330 e. The molecule has 1 amide bonds. The predicted octanol–water partition coefficient (Wildman–Crippen LogP) is 3.07. The van der Waals surface area contributed by atoms with Gasteiger partial charge in [0, 0.05) is 18.2 Å². The number of carbonyl (C=O) groups excluding carboxylic acids is 1. The summed E-state index contributed by atoms with van der Waals surface area (Å²) in [5.41, 5.74) is 3.24. The number of carbonyl (C=O) groups is 1. The molecule has 0 aromatic rings. The van der Waals surface area contributed by atoms with E-state index in [9.17, 15) is 4.79 Å². The first-order chi connectivity index (χ1) is 10.1. The third-order valence-electron chi connectivity index (χ3n) is 6.59. The molecule has 4 atom stereocenters. The van der Waals surface area contributed by atoms with Crippen LogP contribution in [0.1, 0.15) is 58.8 Å². The van der Waals surface area contributed by atoms with Gasteiger partial charge in [0.1, 0.15) is 0 Å². The Balaban J connectivity index is 1.84. The molecule has 0 aromatic carbocycles. The van der Waals surface area contributed by atoms with Gasteiger partial charge in [-0.2, -0.15) is 0 Å². The molecular formula is C18H28N2O. The van der Waals surface area contributed by atoms with Gasteiger partial charge < -0.3 is 5.32 Å². The molecule has 4 rings (SSSR count). The SMILES string of the molecule is CC(=O)NC1=C2CCCN3CCC[C@@H]4[C@H](C1)C[C@@H](C)C[C@]243. The van der Waals surface area contributed by atoms with E-state index in [1.54, 1.807) is 12.5 Å². The summed E-state index contributed by atoms with van der Waals surface area (Å²) in [6.45, 7) is 6.65. The van der Waals surface area contributed by atoms with Crippen molar-refractivity contribution in [3.8, 4) is 0 Å². The van der Waals surface area contributed by atoms with Crippen molar-refractivity contribution in [3.05, 3.63) is 11.3 Å². The summed E-state index contributed by atoms with van der Waals surface area (Å²) in [6, 6.07) is 0. The Hall–Kier alpha value is -0.830. The fourth-order valence-electron chi connectivity index (χ4n) is 6.25. The topological polar surface area (TPSA) is 32.3 Å². The minimum Gasteiger partial charge on any atom is -0.330 e. The summed E-state index contributed by atoms with van der Waals surface area (Å²) in [7, 11) is 0. The molecule has 3 fully saturated rings. The van der Waals surface area contributed by atoms with Crippen molar-refractivity contribution < 1.29 is 4.79 Å². The van der Waals surface area contributed by atoms with Crippen molar-refractivity contribution in [3.63, 3.8) is 0 Å². The highest BCUT2D eigenvalue weighted by Crippen LogP contribution is 2.59. The monoisotopic (exact) mass is 288 g/mol. The first-order valence-electron chi connectivity index (χ1n) is 8.86. The molecule has 2 saturated heterocycles. The Morgan fingerprint density at radius 1 is 1.33 bits per heavy atom. The maximum Gasteiger partial charge on any atom is 0.220 e. The molecule has 0 aromatic heterocycles. The minimum atomic E-state index is 0.117. The van der Waals surface area contributed by atoms with E-state index in [4.69, 9.17) is 0 Å². The molecule has 1 spiro atoms. The second kappa shape index (κ2) is 4.84. The Morgan fingerprint density at radius 3 is 2.95 bits per heavy atom. The summed E-state index contributed by atoms with van der Waals surface area (Å²) >= 11 is 0. The highest BCUT2D eigenvalue weighted by Gasteiger charge is 2.58. The van der Waals surface area contributed by atoms with E-state index >= 15 is 0 Å². The Kier molecular flexibility index (Phi) is 3.18. The van der Waals surface area contributed by atoms with Crippen LogP contribution in [0.4, 0.5) is 0 Å². The van der Waals surface area contributed by atoms with Crippen LogP contribution in [-0.4, -0.2) is 29.4 Å². The van der Waals surface area contributed by atoms with Gasteiger partial charge in [0.2, 0.25) is 5.91 Å². The average molecular weight is 288 g/mol. The quantitative estimate of drug-likeness (QED) is 0.804. The van der Waals surface area contributed by atoms with Crippen LogP contribution >= 0.6 is 0 Å². The standard InChI is InChI=1S/C18H28N2O/c1-12-9-14-10-17(19-13(2)21)16-6-4-8-20-7-3-5-15(14)18(16,20)11-12/h12,14-15H,3-11H2,1-2H3,(H,19,21)/t12-,14+,15-,18-/m1/s1. The molecule has 116 valence electrons. The molecule has 3 nitrogen and oxygen atoms in total. The van der Waals surface area contributed by atoms with Gasteiger partial charge in [0.25, 0.3) is 0 Å². The van der Waals surface area contributed by atoms with Gasteiger partial charge in [-0.05, 0) is 81.4 Å². The van der Waals surface area contributed by atoms with E-state index in [2.05, 4.69) is 17.1 Å². The zero-order valence-corrected chi connectivity index (χ0v) is 13.5. The maximum atomic E-state index is 11.7. The second-order valence-corrected chi connectivity index (χ2v) is 7.91. The van der Waals surface area contributed by atoms with Crippen LogP contribution in [0.3, 0.4) is 0 Å². The van der Waals surface area contributed by atoms with Crippen molar-refractivity contribution in [2.75, 3.05) is 13.1 Å². The van der Waals surface area contributed by atoms with Gasteiger partial charge in [-0.15, -0.1) is 0 Å². The lowest BCUT2D eigenvalue weighted by Gasteiger charge is -2.64. The van der Waals surface area contributed by atoms with Crippen LogP contribution in [0.5, 0.6) is 0 Å². The Labute approximate surface area is 128 Å². The van der Waals surface area contributed by atoms with Crippen LogP contribution < -0.4 is 5.32 Å². The Morgan fingerprint density at radius 2 is 2.14 bits per heavy atom. The molecule has 1 N–H and O–H groups in total. The molecule has 21 heavy (non-hydrogen) atoms. The summed E-state index contributed by atoms with van der Waals surface area (Å²) < 4.78 is 0. The fourth-order valence-corrected chi connectivity index (χ4v) is 6.25. The molecule has 2 heterocycles. The number of amides is 1. The predicted molar refractivity (Wildman–Crippen MR) is 83.6 cm³/mol. The average Bonchev–Trinajstić information content (AvgIpc) is 2.41. The summed E-state index contributed by atoms with van der Waals surface area (Å²) in [6.07, 6.45) is 9.07. The van der Waals surface area contributed by atoms with Crippen LogP contribution in [0.15, 0.2) is 11.3 Å². The Bertz CT molecular complexity index is 495. The van der Waals surface area contributed by atoms with Crippen molar-refractivity contribution in [1.82, 2.24) is 10.2 Å². The molecule has 4 aliphatic rings. The number of hydrogen-bond donors (Lipinski definition) is 1. The number of nitrogens with one attached hydrogen (secondary N) is 1. The highest BCUT2D eigenvalue weighted by molar-refractivity contribution is 5.75. The van der Waals surface area contributed by atoms with Gasteiger partial charge in [-0.25, -0.2) is 0 Å². The van der Waals surface area contributed by atoms with E-state index in [0.29, 0.717) is 5.54 Å². The maximum absolute atomic E-state index is 11.7. The van der Waals surface area contributed by atoms with Gasteiger partial charge in [0.05, 0.1) is 0 Å². The highest BCUT2D eigenvalue weighted by atomic mass is 16.1. The van der Waals surface area contributed by atoms with E-state index in [1.165, 1.54) is 57.3 Å². The van der Waals surface area contributed by atoms with Crippen LogP contribution in [-0.2, 0) is 4.79 Å². The molecular weight excluding hydrogens is 260 g/mol. The fraction of sp³-hybridized carbons (Fsp3) is 0.833. The molecule has 2 aliphatic heterocycles. The first-order valence-corrected chi connectivity index (χ1v) is 8.86. The van der Waals surface area contributed by atoms with Crippen molar-refractivity contribution in [2.24, 2.45) is 17.8 Å². The second-order valence-electron chi connectivity index (χ2n) is 7.91. The molecule has 2 aliphatic carbocycles. The molecule has 2 bridgehead atoms. The normalized spacial score (nSPS) is 42.5. The number of allylic oxidation sites excluding steroid dienone is 1. The van der Waals surface area contributed by atoms with E-state index in [0.717, 1.165) is 24.2 Å². The molecule has 0 radical (unpaired) electrons. The number of hydrogen-bond acceptors (Lipinski definition) is 2. The van der Waals surface area contributed by atoms with E-state index in [1.807, 2.05) is 0 Å². The van der Waals surface area contributed by atoms with Crippen LogP contribution in [0.2, 0.25) is 0 Å². The first kappa shape index (κ1) is 13.8. The lowest BCUT2D eigenvalue weighted by Crippen LogP contribution is -2.67. The van der Waals surface area contributed by atoms with Crippen molar-refractivity contribution in [1.29, 1.82) is 0 Å². The number of rotatable bonds is 1. The van der Waals surface area contributed by atoms with Crippen LogP contribution in [0.25, 0.3) is 0 Å². The number of piperidine rings is 2. The third kappa shape index (κ3) is 1.93. The van der Waals surface area contributed by atoms with Gasteiger partial charge in [-0.3, -0.25) is 9.69 Å². The van der Waals surface area contributed by atoms with Gasteiger partial charge in [0.15, 0.2) is 0 Å². The van der Waals surface area contributed by atoms with Crippen LogP contribution in [0, 0.1) is 17.8 Å². The van der Waals surface area contributed by atoms with Crippen molar-refractivity contribution in [2.45, 2.75) is 64.3 Å². The lowest BCUT2D eigenvalue weighted by atomic mass is 9.52. The summed E-state index contributed by atoms with van der Waals surface area (Å²) in [5.74, 6) is 2.60.